The number of hydrogen-bond donors (Lipinski definition) is 0. The molecule has 0 aromatic heterocycles. The van der Waals surface area contributed by atoms with Crippen LogP contribution in [0.15, 0.2) is 18.2 Å². The molecule has 0 aliphatic heterocycles. The molecule has 0 saturated carbocycles. The molecule has 0 N–H and O–H groups in total. The van der Waals surface area contributed by atoms with E-state index in [0.29, 0.717) is 6.42 Å². The number of Topliss-reactive ketones (excluding diaryl/α,β-unsaturated/α-hetero) is 1. The van der Waals surface area contributed by atoms with Crippen LogP contribution >= 0.6 is 0 Å². The zero-order valence-corrected chi connectivity index (χ0v) is 5.55. The van der Waals surface area contributed by atoms with Crippen molar-refractivity contribution >= 4 is 5.78 Å². The summed E-state index contributed by atoms with van der Waals surface area (Å²) in [4.78, 5) is 11.1. The first kappa shape index (κ1) is 5.66. The predicted molar refractivity (Wildman–Crippen MR) is 37.9 cm³/mol. The lowest BCUT2D eigenvalue weighted by Crippen LogP contribution is -1.88. The van der Waals surface area contributed by atoms with Crippen LogP contribution in [0.1, 0.15) is 22.3 Å². The van der Waals surface area contributed by atoms with Gasteiger partial charge in [-0.25, -0.2) is 0 Å². The second kappa shape index (κ2) is 1.94. The van der Waals surface area contributed by atoms with E-state index in [4.69, 9.17) is 0 Å². The fourth-order valence-electron chi connectivity index (χ4n) is 1.33. The summed E-state index contributed by atoms with van der Waals surface area (Å²) in [5, 5.41) is 0. The first-order valence-electron chi connectivity index (χ1n) is 3.40. The van der Waals surface area contributed by atoms with Crippen LogP contribution in [-0.2, 0) is 6.42 Å². The Balaban J connectivity index is 2.61. The summed E-state index contributed by atoms with van der Waals surface area (Å²) < 4.78 is 0. The molecule has 0 saturated heterocycles. The third-order valence-corrected chi connectivity index (χ3v) is 1.87. The van der Waals surface area contributed by atoms with Crippen LogP contribution in [0, 0.1) is 6.07 Å². The van der Waals surface area contributed by atoms with Gasteiger partial charge in [-0.1, -0.05) is 18.2 Å². The Kier molecular flexibility index (Phi) is 1.10. The molecule has 10 heavy (non-hydrogen) atoms. The smallest absolute Gasteiger partial charge is 0.163 e. The number of benzene rings is 1. The van der Waals surface area contributed by atoms with Crippen LogP contribution in [0.3, 0.4) is 0 Å². The summed E-state index contributed by atoms with van der Waals surface area (Å²) in [6.07, 6.45) is 1.60. The van der Waals surface area contributed by atoms with E-state index in [1.54, 1.807) is 6.07 Å². The van der Waals surface area contributed by atoms with E-state index in [2.05, 4.69) is 6.07 Å². The highest BCUT2D eigenvalue weighted by Crippen LogP contribution is 2.20. The molecule has 0 atom stereocenters. The van der Waals surface area contributed by atoms with E-state index >= 15 is 0 Å². The van der Waals surface area contributed by atoms with Gasteiger partial charge in [0.1, 0.15) is 0 Å². The minimum absolute atomic E-state index is 0.281. The van der Waals surface area contributed by atoms with Crippen molar-refractivity contribution in [1.29, 1.82) is 0 Å². The summed E-state index contributed by atoms with van der Waals surface area (Å²) in [7, 11) is 0. The Morgan fingerprint density at radius 1 is 1.40 bits per heavy atom. The van der Waals surface area contributed by atoms with Gasteiger partial charge in [0, 0.05) is 12.0 Å². The van der Waals surface area contributed by atoms with E-state index in [1.165, 1.54) is 0 Å². The zero-order chi connectivity index (χ0) is 6.97. The molecule has 0 spiro atoms. The zero-order valence-electron chi connectivity index (χ0n) is 5.55. The van der Waals surface area contributed by atoms with E-state index in [0.717, 1.165) is 17.5 Å². The van der Waals surface area contributed by atoms with Gasteiger partial charge < -0.3 is 0 Å². The maximum absolute atomic E-state index is 11.1. The van der Waals surface area contributed by atoms with Gasteiger partial charge >= 0.3 is 0 Å². The van der Waals surface area contributed by atoms with Gasteiger partial charge in [0.25, 0.3) is 0 Å². The third kappa shape index (κ3) is 0.670. The first-order valence-corrected chi connectivity index (χ1v) is 3.40. The molecule has 1 radical (unpaired) electrons. The standard InChI is InChI=1S/C9H7O/c10-9-6-5-7-3-1-2-4-8(7)9/h2-4H,5-6H2. The lowest BCUT2D eigenvalue weighted by Gasteiger charge is -1.91. The third-order valence-electron chi connectivity index (χ3n) is 1.87. The van der Waals surface area contributed by atoms with Crippen molar-refractivity contribution < 1.29 is 4.79 Å². The van der Waals surface area contributed by atoms with Gasteiger partial charge in [0.05, 0.1) is 0 Å². The molecule has 1 aromatic carbocycles. The number of fused-ring (bicyclic) bond motifs is 1. The molecule has 1 aliphatic rings. The molecule has 49 valence electrons. The van der Waals surface area contributed by atoms with E-state index < -0.39 is 0 Å². The highest BCUT2D eigenvalue weighted by Gasteiger charge is 2.17. The van der Waals surface area contributed by atoms with Gasteiger partial charge in [0.2, 0.25) is 0 Å². The second-order valence-electron chi connectivity index (χ2n) is 2.51. The maximum Gasteiger partial charge on any atom is 0.163 e. The monoisotopic (exact) mass is 131 g/mol. The van der Waals surface area contributed by atoms with E-state index in [9.17, 15) is 4.79 Å². The second-order valence-corrected chi connectivity index (χ2v) is 2.51. The SMILES string of the molecule is O=C1CCc2c[c]ccc21. The molecule has 0 heterocycles. The highest BCUT2D eigenvalue weighted by molar-refractivity contribution is 6.00. The molecular weight excluding hydrogens is 124 g/mol. The van der Waals surface area contributed by atoms with Crippen LogP contribution in [0.4, 0.5) is 0 Å². The Morgan fingerprint density at radius 3 is 3.10 bits per heavy atom. The fourth-order valence-corrected chi connectivity index (χ4v) is 1.33. The maximum atomic E-state index is 11.1. The Morgan fingerprint density at radius 2 is 2.30 bits per heavy atom. The van der Waals surface area contributed by atoms with Crippen LogP contribution < -0.4 is 0 Å². The van der Waals surface area contributed by atoms with E-state index in [1.807, 2.05) is 12.1 Å². The lowest BCUT2D eigenvalue weighted by molar-refractivity contribution is 0.0994. The Bertz CT molecular complexity index is 276. The Labute approximate surface area is 59.7 Å². The average molecular weight is 131 g/mol. The minimum atomic E-state index is 0.281. The lowest BCUT2D eigenvalue weighted by atomic mass is 10.1. The minimum Gasteiger partial charge on any atom is -0.294 e. The molecular formula is C9H7O. The predicted octanol–water partition coefficient (Wildman–Crippen LogP) is 1.62. The summed E-state index contributed by atoms with van der Waals surface area (Å²) in [5.41, 5.74) is 2.06. The topological polar surface area (TPSA) is 17.1 Å². The van der Waals surface area contributed by atoms with Crippen molar-refractivity contribution in [2.75, 3.05) is 0 Å². The Hall–Kier alpha value is -1.11. The molecule has 0 unspecified atom stereocenters. The van der Waals surface area contributed by atoms with Gasteiger partial charge in [-0.05, 0) is 18.1 Å². The van der Waals surface area contributed by atoms with Gasteiger partial charge in [0.15, 0.2) is 5.78 Å². The molecule has 0 amide bonds. The van der Waals surface area contributed by atoms with Gasteiger partial charge in [-0.3, -0.25) is 4.79 Å². The molecule has 1 heteroatoms. The van der Waals surface area contributed by atoms with Crippen LogP contribution in [0.25, 0.3) is 0 Å². The molecule has 1 nitrogen and oxygen atoms in total. The van der Waals surface area contributed by atoms with Gasteiger partial charge in [-0.2, -0.15) is 0 Å². The number of carbonyl (C=O) groups excluding carboxylic acids is 1. The first-order chi connectivity index (χ1) is 4.88. The van der Waals surface area contributed by atoms with Crippen molar-refractivity contribution in [3.63, 3.8) is 0 Å². The van der Waals surface area contributed by atoms with Crippen molar-refractivity contribution in [3.8, 4) is 0 Å². The highest BCUT2D eigenvalue weighted by atomic mass is 16.1. The van der Waals surface area contributed by atoms with Crippen molar-refractivity contribution in [1.82, 2.24) is 0 Å². The number of carbonyl (C=O) groups is 1. The normalized spacial score (nSPS) is 15.4. The van der Waals surface area contributed by atoms with E-state index in [-0.39, 0.29) is 5.78 Å². The summed E-state index contributed by atoms with van der Waals surface area (Å²) in [6, 6.07) is 8.51. The average Bonchev–Trinajstić information content (AvgIpc) is 2.34. The summed E-state index contributed by atoms with van der Waals surface area (Å²) in [5.74, 6) is 0.281. The number of rotatable bonds is 0. The quantitative estimate of drug-likeness (QED) is 0.522. The van der Waals surface area contributed by atoms with Gasteiger partial charge in [-0.15, -0.1) is 0 Å². The number of aryl methyl sites for hydroxylation is 1. The fraction of sp³-hybridized carbons (Fsp3) is 0.222. The summed E-state index contributed by atoms with van der Waals surface area (Å²) in [6.45, 7) is 0. The summed E-state index contributed by atoms with van der Waals surface area (Å²) >= 11 is 0. The number of hydrogen-bond acceptors (Lipinski definition) is 1. The van der Waals surface area contributed by atoms with Crippen LogP contribution in [0.2, 0.25) is 0 Å². The molecule has 2 rings (SSSR count). The van der Waals surface area contributed by atoms with Crippen molar-refractivity contribution in [2.24, 2.45) is 0 Å². The van der Waals surface area contributed by atoms with Crippen molar-refractivity contribution in [3.05, 3.63) is 35.4 Å². The number of ketones is 1. The molecule has 1 aromatic rings. The molecule has 0 bridgehead atoms. The van der Waals surface area contributed by atoms with Crippen LogP contribution in [-0.4, -0.2) is 5.78 Å². The molecule has 1 aliphatic carbocycles. The van der Waals surface area contributed by atoms with Crippen molar-refractivity contribution in [2.45, 2.75) is 12.8 Å². The molecule has 0 fully saturated rings. The largest absolute Gasteiger partial charge is 0.294 e. The van der Waals surface area contributed by atoms with Crippen LogP contribution in [0.5, 0.6) is 0 Å².